The topological polar surface area (TPSA) is 109 Å². The molecule has 0 unspecified atom stereocenters. The summed E-state index contributed by atoms with van der Waals surface area (Å²) >= 11 is 1.03. The maximum absolute atomic E-state index is 14.1. The standard InChI is InChI=1S/C31H29F3N4O3S/c1-30(41)10-12-38(13-11-30)29(40)20-4-8-26(36-18-20)21-14-22-15-24(42-28(22)25(16-21)31(32,33)34)7-6-23(39)5-2-19-3-9-27(35)37-17-19/h2-5,8-9,14-18,41H,6-7,10-13H2,1H3,(H2,35,37)/b5-2+. The lowest BCUT2D eigenvalue weighted by Gasteiger charge is -2.35. The number of benzene rings is 1. The smallest absolute Gasteiger partial charge is 0.390 e. The average Bonchev–Trinajstić information content (AvgIpc) is 3.37. The third-order valence-corrected chi connectivity index (χ3v) is 8.54. The van der Waals surface area contributed by atoms with Gasteiger partial charge in [0.2, 0.25) is 0 Å². The summed E-state index contributed by atoms with van der Waals surface area (Å²) in [5, 5.41) is 10.5. The number of aliphatic hydroxyl groups is 1. The molecule has 1 fully saturated rings. The first kappa shape index (κ1) is 29.4. The molecule has 1 aromatic carbocycles. The predicted octanol–water partition coefficient (Wildman–Crippen LogP) is 6.16. The van der Waals surface area contributed by atoms with Crippen molar-refractivity contribution in [3.05, 3.63) is 82.5 Å². The molecule has 0 bridgehead atoms. The highest BCUT2D eigenvalue weighted by Crippen LogP contribution is 2.41. The number of amides is 1. The number of carbonyl (C=O) groups is 2. The highest BCUT2D eigenvalue weighted by atomic mass is 32.1. The van der Waals surface area contributed by atoms with E-state index in [2.05, 4.69) is 9.97 Å². The molecule has 218 valence electrons. The summed E-state index contributed by atoms with van der Waals surface area (Å²) in [5.41, 5.74) is 5.64. The number of piperidine rings is 1. The van der Waals surface area contributed by atoms with Crippen LogP contribution in [-0.2, 0) is 17.4 Å². The number of aromatic nitrogens is 2. The minimum atomic E-state index is -4.59. The van der Waals surface area contributed by atoms with Gasteiger partial charge in [-0.15, -0.1) is 11.3 Å². The molecule has 4 aromatic rings. The SMILES string of the molecule is CC1(O)CCN(C(=O)c2ccc(-c3cc(C(F)(F)F)c4sc(CCC(=O)/C=C/c5ccc(N)nc5)cc4c3)nc2)CC1. The monoisotopic (exact) mass is 594 g/mol. The molecule has 3 N–H and O–H groups in total. The first-order valence-corrected chi connectivity index (χ1v) is 14.2. The lowest BCUT2D eigenvalue weighted by atomic mass is 9.93. The van der Waals surface area contributed by atoms with Crippen molar-refractivity contribution < 1.29 is 27.9 Å². The molecular weight excluding hydrogens is 565 g/mol. The molecule has 11 heteroatoms. The maximum Gasteiger partial charge on any atom is 0.417 e. The number of likely N-dealkylation sites (tertiary alicyclic amines) is 1. The molecule has 0 atom stereocenters. The largest absolute Gasteiger partial charge is 0.417 e. The average molecular weight is 595 g/mol. The highest BCUT2D eigenvalue weighted by molar-refractivity contribution is 7.19. The number of fused-ring (bicyclic) bond motifs is 1. The van der Waals surface area contributed by atoms with E-state index in [1.807, 2.05) is 0 Å². The molecule has 0 radical (unpaired) electrons. The van der Waals surface area contributed by atoms with E-state index in [9.17, 15) is 27.9 Å². The van der Waals surface area contributed by atoms with E-state index in [4.69, 9.17) is 5.73 Å². The Morgan fingerprint density at radius 1 is 1.10 bits per heavy atom. The Hall–Kier alpha value is -4.09. The number of carbonyl (C=O) groups excluding carboxylic acids is 2. The lowest BCUT2D eigenvalue weighted by molar-refractivity contribution is -0.136. The molecule has 4 heterocycles. The van der Waals surface area contributed by atoms with Gasteiger partial charge in [-0.2, -0.15) is 13.2 Å². The number of aryl methyl sites for hydroxylation is 1. The predicted molar refractivity (Wildman–Crippen MR) is 157 cm³/mol. The number of hydrogen-bond acceptors (Lipinski definition) is 7. The summed E-state index contributed by atoms with van der Waals surface area (Å²) in [7, 11) is 0. The zero-order valence-corrected chi connectivity index (χ0v) is 23.6. The molecule has 1 amide bonds. The molecule has 0 aliphatic carbocycles. The second-order valence-corrected chi connectivity index (χ2v) is 11.8. The Balaban J connectivity index is 1.33. The molecule has 0 spiro atoms. The number of pyridine rings is 2. The van der Waals surface area contributed by atoms with Crippen molar-refractivity contribution in [3.8, 4) is 11.3 Å². The van der Waals surface area contributed by atoms with Crippen LogP contribution >= 0.6 is 11.3 Å². The van der Waals surface area contributed by atoms with Crippen LogP contribution in [-0.4, -0.2) is 50.4 Å². The fourth-order valence-corrected chi connectivity index (χ4v) is 5.96. The third-order valence-electron chi connectivity index (χ3n) is 7.30. The number of anilines is 1. The molecular formula is C31H29F3N4O3S. The summed E-state index contributed by atoms with van der Waals surface area (Å²) in [4.78, 5) is 35.9. The molecule has 1 saturated heterocycles. The Kier molecular flexibility index (Phi) is 8.16. The van der Waals surface area contributed by atoms with Gasteiger partial charge in [0.05, 0.1) is 22.4 Å². The van der Waals surface area contributed by atoms with Crippen molar-refractivity contribution >= 4 is 45.0 Å². The van der Waals surface area contributed by atoms with Gasteiger partial charge in [-0.1, -0.05) is 0 Å². The summed E-state index contributed by atoms with van der Waals surface area (Å²) in [6, 6.07) is 10.9. The number of nitrogen functional groups attached to an aromatic ring is 1. The van der Waals surface area contributed by atoms with Gasteiger partial charge >= 0.3 is 6.18 Å². The fraction of sp³-hybridized carbons (Fsp3) is 0.290. The van der Waals surface area contributed by atoms with Gasteiger partial charge in [0.1, 0.15) is 5.82 Å². The first-order valence-electron chi connectivity index (χ1n) is 13.4. The van der Waals surface area contributed by atoms with Crippen molar-refractivity contribution in [2.75, 3.05) is 18.8 Å². The van der Waals surface area contributed by atoms with Crippen LogP contribution in [0.25, 0.3) is 27.4 Å². The number of alkyl halides is 3. The van der Waals surface area contributed by atoms with E-state index in [0.29, 0.717) is 65.3 Å². The first-order chi connectivity index (χ1) is 19.9. The van der Waals surface area contributed by atoms with Crippen molar-refractivity contribution in [2.45, 2.75) is 44.4 Å². The quantitative estimate of drug-likeness (QED) is 0.248. The summed E-state index contributed by atoms with van der Waals surface area (Å²) in [5.74, 6) is -0.0140. The number of nitrogens with zero attached hydrogens (tertiary/aromatic N) is 3. The van der Waals surface area contributed by atoms with E-state index >= 15 is 0 Å². The Morgan fingerprint density at radius 2 is 1.86 bits per heavy atom. The second-order valence-electron chi connectivity index (χ2n) is 10.7. The van der Waals surface area contributed by atoms with Crippen LogP contribution in [0.1, 0.15) is 52.5 Å². The van der Waals surface area contributed by atoms with Gasteiger partial charge < -0.3 is 15.7 Å². The van der Waals surface area contributed by atoms with Crippen LogP contribution in [0.3, 0.4) is 0 Å². The number of thiophene rings is 1. The zero-order valence-electron chi connectivity index (χ0n) is 22.8. The second kappa shape index (κ2) is 11.7. The molecule has 7 nitrogen and oxygen atoms in total. The van der Waals surface area contributed by atoms with Crippen LogP contribution in [0.4, 0.5) is 19.0 Å². The summed E-state index contributed by atoms with van der Waals surface area (Å²) in [6.07, 6.45) is 2.77. The van der Waals surface area contributed by atoms with E-state index in [-0.39, 0.29) is 28.4 Å². The lowest BCUT2D eigenvalue weighted by Crippen LogP contribution is -2.45. The molecule has 1 aliphatic heterocycles. The van der Waals surface area contributed by atoms with Crippen molar-refractivity contribution in [1.29, 1.82) is 0 Å². The van der Waals surface area contributed by atoms with E-state index < -0.39 is 17.3 Å². The van der Waals surface area contributed by atoms with Crippen LogP contribution in [0.15, 0.2) is 60.9 Å². The van der Waals surface area contributed by atoms with Crippen molar-refractivity contribution in [3.63, 3.8) is 0 Å². The highest BCUT2D eigenvalue weighted by Gasteiger charge is 2.34. The molecule has 5 rings (SSSR count). The van der Waals surface area contributed by atoms with Crippen LogP contribution in [0.2, 0.25) is 0 Å². The number of halogens is 3. The number of hydrogen-bond donors (Lipinski definition) is 2. The fourth-order valence-electron chi connectivity index (χ4n) is 4.79. The van der Waals surface area contributed by atoms with Gasteiger partial charge in [-0.3, -0.25) is 14.6 Å². The molecule has 1 aliphatic rings. The Morgan fingerprint density at radius 3 is 2.50 bits per heavy atom. The Labute approximate surface area is 244 Å². The van der Waals surface area contributed by atoms with Gasteiger partial charge in [0, 0.05) is 47.0 Å². The third kappa shape index (κ3) is 6.85. The van der Waals surface area contributed by atoms with Crippen LogP contribution in [0, 0.1) is 0 Å². The Bertz CT molecular complexity index is 1640. The summed E-state index contributed by atoms with van der Waals surface area (Å²) < 4.78 is 42.4. The minimum absolute atomic E-state index is 0.102. The number of allylic oxidation sites excluding steroid dienone is 1. The van der Waals surface area contributed by atoms with Crippen molar-refractivity contribution in [1.82, 2.24) is 14.9 Å². The number of rotatable bonds is 7. The van der Waals surface area contributed by atoms with Crippen molar-refractivity contribution in [2.24, 2.45) is 0 Å². The van der Waals surface area contributed by atoms with Gasteiger partial charge in [0.15, 0.2) is 5.78 Å². The van der Waals surface area contributed by atoms with E-state index in [0.717, 1.165) is 17.4 Å². The normalized spacial score (nSPS) is 15.4. The number of nitrogens with two attached hydrogens (primary N) is 1. The summed E-state index contributed by atoms with van der Waals surface area (Å²) in [6.45, 7) is 2.58. The molecule has 3 aromatic heterocycles. The zero-order chi connectivity index (χ0) is 30.1. The minimum Gasteiger partial charge on any atom is -0.390 e. The molecule has 42 heavy (non-hydrogen) atoms. The van der Waals surface area contributed by atoms with Gasteiger partial charge in [-0.25, -0.2) is 4.98 Å². The van der Waals surface area contributed by atoms with E-state index in [1.165, 1.54) is 12.3 Å². The van der Waals surface area contributed by atoms with Gasteiger partial charge in [-0.05, 0) is 91.8 Å². The van der Waals surface area contributed by atoms with Gasteiger partial charge in [0.25, 0.3) is 5.91 Å². The van der Waals surface area contributed by atoms with E-state index in [1.54, 1.807) is 60.5 Å². The maximum atomic E-state index is 14.1. The van der Waals surface area contributed by atoms with Crippen LogP contribution in [0.5, 0.6) is 0 Å². The molecule has 0 saturated carbocycles. The number of ketones is 1. The van der Waals surface area contributed by atoms with Crippen LogP contribution < -0.4 is 5.73 Å².